The van der Waals surface area contributed by atoms with E-state index in [4.69, 9.17) is 23.2 Å². The second-order valence-corrected chi connectivity index (χ2v) is 5.85. The Morgan fingerprint density at radius 1 is 0.944 bits per heavy atom. The predicted molar refractivity (Wildman–Crippen MR) is 74.0 cm³/mol. The highest BCUT2D eigenvalue weighted by atomic mass is 35.5. The van der Waals surface area contributed by atoms with E-state index in [9.17, 15) is 0 Å². The van der Waals surface area contributed by atoms with E-state index in [1.165, 1.54) is 11.7 Å². The molecule has 1 aliphatic heterocycles. The molecule has 2 aromatic heterocycles. The number of anilines is 1. The monoisotopic (exact) mass is 321 g/mol. The van der Waals surface area contributed by atoms with E-state index in [0.717, 1.165) is 49.2 Å². The molecule has 0 bridgehead atoms. The van der Waals surface area contributed by atoms with Gasteiger partial charge in [0.05, 0.1) is 29.2 Å². The first-order valence-electron chi connectivity index (χ1n) is 5.46. The van der Waals surface area contributed by atoms with Crippen molar-refractivity contribution in [1.29, 1.82) is 0 Å². The fraction of sp³-hybridized carbons (Fsp3) is 0.556. The van der Waals surface area contributed by atoms with Crippen LogP contribution in [0.3, 0.4) is 0 Å². The molecule has 1 aliphatic rings. The van der Waals surface area contributed by atoms with Crippen LogP contribution in [0.4, 0.5) is 5.82 Å². The minimum Gasteiger partial charge on any atom is -0.353 e. The highest BCUT2D eigenvalue weighted by Crippen LogP contribution is 2.34. The zero-order valence-electron chi connectivity index (χ0n) is 9.21. The van der Waals surface area contributed by atoms with Crippen molar-refractivity contribution in [2.45, 2.75) is 18.8 Å². The summed E-state index contributed by atoms with van der Waals surface area (Å²) in [4.78, 5) is 2.16. The van der Waals surface area contributed by atoms with Crippen molar-refractivity contribution in [2.75, 3.05) is 18.0 Å². The number of aromatic nitrogens is 4. The Balaban J connectivity index is 1.69. The molecule has 18 heavy (non-hydrogen) atoms. The standard InChI is InChI=1S/C9H9Cl2N5S2/c10-7-6(12-17-13-7)5-1-3-16(4-2-5)9-8(11)14-18-15-9/h5H,1-4H2. The van der Waals surface area contributed by atoms with Gasteiger partial charge >= 0.3 is 0 Å². The van der Waals surface area contributed by atoms with Gasteiger partial charge in [-0.1, -0.05) is 23.2 Å². The van der Waals surface area contributed by atoms with Gasteiger partial charge in [0.1, 0.15) is 0 Å². The van der Waals surface area contributed by atoms with Crippen LogP contribution in [0.2, 0.25) is 10.3 Å². The van der Waals surface area contributed by atoms with Gasteiger partial charge in [-0.25, -0.2) is 0 Å². The van der Waals surface area contributed by atoms with E-state index in [1.54, 1.807) is 0 Å². The number of hydrogen-bond donors (Lipinski definition) is 0. The third kappa shape index (κ3) is 2.32. The second kappa shape index (κ2) is 5.24. The van der Waals surface area contributed by atoms with Crippen molar-refractivity contribution in [3.63, 3.8) is 0 Å². The summed E-state index contributed by atoms with van der Waals surface area (Å²) in [5.41, 5.74) is 0.934. The van der Waals surface area contributed by atoms with Gasteiger partial charge in [-0.3, -0.25) is 0 Å². The summed E-state index contributed by atoms with van der Waals surface area (Å²) in [6, 6.07) is 0. The lowest BCUT2D eigenvalue weighted by atomic mass is 9.94. The van der Waals surface area contributed by atoms with Gasteiger partial charge in [0, 0.05) is 19.0 Å². The van der Waals surface area contributed by atoms with Gasteiger partial charge < -0.3 is 4.90 Å². The Kier molecular flexibility index (Phi) is 3.65. The maximum Gasteiger partial charge on any atom is 0.187 e. The van der Waals surface area contributed by atoms with Gasteiger partial charge in [-0.05, 0) is 12.8 Å². The zero-order chi connectivity index (χ0) is 12.5. The van der Waals surface area contributed by atoms with E-state index < -0.39 is 0 Å². The van der Waals surface area contributed by atoms with Gasteiger partial charge in [0.25, 0.3) is 0 Å². The third-order valence-electron chi connectivity index (χ3n) is 3.09. The Morgan fingerprint density at radius 2 is 1.61 bits per heavy atom. The van der Waals surface area contributed by atoms with Crippen LogP contribution in [0, 0.1) is 0 Å². The largest absolute Gasteiger partial charge is 0.353 e. The van der Waals surface area contributed by atoms with Gasteiger partial charge in [-0.2, -0.15) is 17.5 Å². The maximum absolute atomic E-state index is 6.02. The Morgan fingerprint density at radius 3 is 2.17 bits per heavy atom. The average Bonchev–Trinajstić information content (AvgIpc) is 2.98. The summed E-state index contributed by atoms with van der Waals surface area (Å²) in [6.07, 6.45) is 1.97. The molecule has 0 saturated carbocycles. The Bertz CT molecular complexity index is 486. The molecule has 2 aromatic rings. The molecule has 0 amide bonds. The number of halogens is 2. The molecule has 96 valence electrons. The number of hydrogen-bond acceptors (Lipinski definition) is 7. The fourth-order valence-electron chi connectivity index (χ4n) is 2.15. The van der Waals surface area contributed by atoms with Crippen molar-refractivity contribution in [3.05, 3.63) is 16.0 Å². The quantitative estimate of drug-likeness (QED) is 0.850. The van der Waals surface area contributed by atoms with Gasteiger partial charge in [0.15, 0.2) is 16.1 Å². The van der Waals surface area contributed by atoms with E-state index in [0.29, 0.717) is 16.2 Å². The van der Waals surface area contributed by atoms with Gasteiger partial charge in [0.2, 0.25) is 0 Å². The molecule has 0 radical (unpaired) electrons. The van der Waals surface area contributed by atoms with Crippen LogP contribution < -0.4 is 4.90 Å². The average molecular weight is 322 g/mol. The highest BCUT2D eigenvalue weighted by Gasteiger charge is 2.26. The number of nitrogens with zero attached hydrogens (tertiary/aromatic N) is 5. The van der Waals surface area contributed by atoms with Crippen LogP contribution in [0.5, 0.6) is 0 Å². The summed E-state index contributed by atoms with van der Waals surface area (Å²) in [7, 11) is 0. The van der Waals surface area contributed by atoms with Crippen LogP contribution in [0.25, 0.3) is 0 Å². The zero-order valence-corrected chi connectivity index (χ0v) is 12.4. The van der Waals surface area contributed by atoms with Crippen molar-refractivity contribution >= 4 is 52.5 Å². The summed E-state index contributed by atoms with van der Waals surface area (Å²) >= 11 is 14.3. The highest BCUT2D eigenvalue weighted by molar-refractivity contribution is 7.00. The lowest BCUT2D eigenvalue weighted by Crippen LogP contribution is -2.33. The van der Waals surface area contributed by atoms with Crippen LogP contribution in [-0.4, -0.2) is 30.6 Å². The summed E-state index contributed by atoms with van der Waals surface area (Å²) in [5.74, 6) is 1.18. The fourth-order valence-corrected chi connectivity index (χ4v) is 3.80. The predicted octanol–water partition coefficient (Wildman–Crippen LogP) is 3.08. The van der Waals surface area contributed by atoms with Gasteiger partial charge in [-0.15, -0.1) is 0 Å². The molecule has 0 spiro atoms. The maximum atomic E-state index is 6.02. The molecule has 3 heterocycles. The Labute approximate surface area is 122 Å². The second-order valence-electron chi connectivity index (χ2n) is 4.08. The SMILES string of the molecule is Clc1nsnc1C1CCN(c2nsnc2Cl)CC1. The molecular formula is C9H9Cl2N5S2. The number of rotatable bonds is 2. The van der Waals surface area contributed by atoms with E-state index in [1.807, 2.05) is 0 Å². The van der Waals surface area contributed by atoms with Crippen molar-refractivity contribution in [1.82, 2.24) is 17.5 Å². The minimum absolute atomic E-state index is 0.387. The van der Waals surface area contributed by atoms with Crippen molar-refractivity contribution < 1.29 is 0 Å². The van der Waals surface area contributed by atoms with Crippen LogP contribution >= 0.6 is 46.7 Å². The molecule has 5 nitrogen and oxygen atoms in total. The lowest BCUT2D eigenvalue weighted by Gasteiger charge is -2.31. The van der Waals surface area contributed by atoms with Crippen LogP contribution in [-0.2, 0) is 0 Å². The first kappa shape index (κ1) is 12.5. The lowest BCUT2D eigenvalue weighted by molar-refractivity contribution is 0.497. The molecule has 0 aliphatic carbocycles. The molecule has 0 atom stereocenters. The van der Waals surface area contributed by atoms with E-state index in [-0.39, 0.29) is 0 Å². The molecule has 1 fully saturated rings. The molecule has 3 rings (SSSR count). The first-order chi connectivity index (χ1) is 8.75. The molecule has 0 unspecified atom stereocenters. The van der Waals surface area contributed by atoms with Crippen molar-refractivity contribution in [2.24, 2.45) is 0 Å². The molecule has 1 saturated heterocycles. The topological polar surface area (TPSA) is 54.8 Å². The van der Waals surface area contributed by atoms with E-state index in [2.05, 4.69) is 22.4 Å². The van der Waals surface area contributed by atoms with Crippen LogP contribution in [0.1, 0.15) is 24.5 Å². The summed E-state index contributed by atoms with van der Waals surface area (Å²) in [6.45, 7) is 1.79. The van der Waals surface area contributed by atoms with E-state index >= 15 is 0 Å². The first-order valence-corrected chi connectivity index (χ1v) is 7.68. The normalized spacial score (nSPS) is 17.3. The molecular weight excluding hydrogens is 313 g/mol. The molecule has 0 aromatic carbocycles. The number of piperidine rings is 1. The minimum atomic E-state index is 0.387. The third-order valence-corrected chi connectivity index (χ3v) is 4.88. The Hall–Kier alpha value is -0.500. The smallest absolute Gasteiger partial charge is 0.187 e. The van der Waals surface area contributed by atoms with Crippen LogP contribution in [0.15, 0.2) is 0 Å². The summed E-state index contributed by atoms with van der Waals surface area (Å²) < 4.78 is 16.5. The molecule has 9 heteroatoms. The summed E-state index contributed by atoms with van der Waals surface area (Å²) in [5, 5.41) is 1.04. The molecule has 0 N–H and O–H groups in total. The van der Waals surface area contributed by atoms with Crippen molar-refractivity contribution in [3.8, 4) is 0 Å².